The molecule has 0 fully saturated rings. The van der Waals surface area contributed by atoms with Gasteiger partial charge in [-0.25, -0.2) is 13.2 Å². The van der Waals surface area contributed by atoms with Gasteiger partial charge in [-0.3, -0.25) is 4.79 Å². The van der Waals surface area contributed by atoms with Gasteiger partial charge in [-0.15, -0.1) is 0 Å². The van der Waals surface area contributed by atoms with E-state index in [1.165, 1.54) is 18.2 Å². The number of hydrogen-bond acceptors (Lipinski definition) is 5. The van der Waals surface area contributed by atoms with E-state index in [4.69, 9.17) is 33.0 Å². The monoisotopic (exact) mass is 411 g/mol. The van der Waals surface area contributed by atoms with E-state index in [9.17, 15) is 18.0 Å². The normalized spacial score (nSPS) is 13.2. The number of alkyl carbamates (subject to hydrolysis) is 1. The summed E-state index contributed by atoms with van der Waals surface area (Å²) in [6.45, 7) is 4.89. The van der Waals surface area contributed by atoms with Gasteiger partial charge in [0.2, 0.25) is 0 Å². The zero-order valence-electron chi connectivity index (χ0n) is 13.9. The van der Waals surface area contributed by atoms with E-state index in [1.54, 1.807) is 20.8 Å². The number of amides is 1. The molecule has 1 aromatic carbocycles. The van der Waals surface area contributed by atoms with E-state index >= 15 is 0 Å². The van der Waals surface area contributed by atoms with Crippen molar-refractivity contribution < 1.29 is 27.9 Å². The molecular weight excluding hydrogens is 393 g/mol. The molecule has 0 saturated heterocycles. The average Bonchev–Trinajstić information content (AvgIpc) is 2.37. The maximum atomic E-state index is 12.5. The molecule has 0 heterocycles. The SMILES string of the molecule is CC(C)(C)OC(=O)NC(CC(=O)O)CS(=O)(=O)c1ccc(Cl)c(Cl)c1. The first-order chi connectivity index (χ1) is 11.3. The molecule has 0 aliphatic heterocycles. The third kappa shape index (κ3) is 7.50. The van der Waals surface area contributed by atoms with Gasteiger partial charge in [-0.05, 0) is 39.0 Å². The maximum Gasteiger partial charge on any atom is 0.407 e. The zero-order valence-corrected chi connectivity index (χ0v) is 16.2. The van der Waals surface area contributed by atoms with Crippen LogP contribution >= 0.6 is 23.2 Å². The van der Waals surface area contributed by atoms with Crippen LogP contribution in [0.3, 0.4) is 0 Å². The minimum atomic E-state index is -3.91. The number of nitrogens with one attached hydrogen (secondary N) is 1. The molecule has 140 valence electrons. The van der Waals surface area contributed by atoms with Gasteiger partial charge in [-0.2, -0.15) is 0 Å². The second-order valence-corrected chi connectivity index (χ2v) is 9.15. The fourth-order valence-electron chi connectivity index (χ4n) is 1.87. The van der Waals surface area contributed by atoms with E-state index in [1.807, 2.05) is 0 Å². The van der Waals surface area contributed by atoms with Crippen LogP contribution in [0.25, 0.3) is 0 Å². The lowest BCUT2D eigenvalue weighted by molar-refractivity contribution is -0.137. The van der Waals surface area contributed by atoms with Crippen molar-refractivity contribution in [3.63, 3.8) is 0 Å². The molecule has 0 saturated carbocycles. The Bertz CT molecular complexity index is 758. The first-order valence-electron chi connectivity index (χ1n) is 7.19. The molecule has 0 aromatic heterocycles. The largest absolute Gasteiger partial charge is 0.481 e. The summed E-state index contributed by atoms with van der Waals surface area (Å²) in [5.74, 6) is -1.89. The number of rotatable bonds is 6. The number of ether oxygens (including phenoxy) is 1. The first kappa shape index (κ1) is 21.5. The summed E-state index contributed by atoms with van der Waals surface area (Å²) in [7, 11) is -3.91. The predicted octanol–water partition coefficient (Wildman–Crippen LogP) is 3.14. The third-order valence-electron chi connectivity index (χ3n) is 2.81. The summed E-state index contributed by atoms with van der Waals surface area (Å²) in [6, 6.07) is 2.58. The lowest BCUT2D eigenvalue weighted by Crippen LogP contribution is -2.43. The summed E-state index contributed by atoms with van der Waals surface area (Å²) < 4.78 is 30.0. The van der Waals surface area contributed by atoms with E-state index in [0.29, 0.717) is 0 Å². The van der Waals surface area contributed by atoms with E-state index in [0.717, 1.165) is 0 Å². The number of halogens is 2. The zero-order chi connectivity index (χ0) is 19.4. The van der Waals surface area contributed by atoms with Gasteiger partial charge < -0.3 is 15.2 Å². The molecule has 1 aromatic rings. The molecule has 0 bridgehead atoms. The van der Waals surface area contributed by atoms with Crippen molar-refractivity contribution in [2.45, 2.75) is 43.7 Å². The van der Waals surface area contributed by atoms with Gasteiger partial charge in [0.05, 0.1) is 33.2 Å². The quantitative estimate of drug-likeness (QED) is 0.743. The number of hydrogen-bond donors (Lipinski definition) is 2. The van der Waals surface area contributed by atoms with Crippen LogP contribution in [0.1, 0.15) is 27.2 Å². The Morgan fingerprint density at radius 2 is 1.84 bits per heavy atom. The maximum absolute atomic E-state index is 12.5. The molecule has 1 unspecified atom stereocenters. The predicted molar refractivity (Wildman–Crippen MR) is 93.9 cm³/mol. The summed E-state index contributed by atoms with van der Waals surface area (Å²) in [4.78, 5) is 22.7. The topological polar surface area (TPSA) is 110 Å². The standard InChI is InChI=1S/C15H19Cl2NO6S/c1-15(2,3)24-14(21)18-9(6-13(19)20)8-25(22,23)10-4-5-11(16)12(17)7-10/h4-5,7,9H,6,8H2,1-3H3,(H,18,21)(H,19,20). The molecule has 10 heteroatoms. The Labute approximate surface area is 156 Å². The molecule has 2 N–H and O–H groups in total. The van der Waals surface area contributed by atoms with Crippen molar-refractivity contribution in [2.75, 3.05) is 5.75 Å². The molecule has 1 atom stereocenters. The van der Waals surface area contributed by atoms with Crippen LogP contribution in [0.15, 0.2) is 23.1 Å². The molecule has 0 aliphatic rings. The third-order valence-corrected chi connectivity index (χ3v) is 5.37. The Kier molecular flexibility index (Phi) is 7.10. The van der Waals surface area contributed by atoms with Crippen LogP contribution in [0.2, 0.25) is 10.0 Å². The van der Waals surface area contributed by atoms with Crippen molar-refractivity contribution in [2.24, 2.45) is 0 Å². The van der Waals surface area contributed by atoms with E-state index in [2.05, 4.69) is 5.32 Å². The minimum Gasteiger partial charge on any atom is -0.481 e. The second-order valence-electron chi connectivity index (χ2n) is 6.30. The summed E-state index contributed by atoms with van der Waals surface area (Å²) >= 11 is 11.6. The molecule has 1 rings (SSSR count). The van der Waals surface area contributed by atoms with Crippen molar-refractivity contribution in [1.82, 2.24) is 5.32 Å². The average molecular weight is 412 g/mol. The number of aliphatic carboxylic acids is 1. The molecular formula is C15H19Cl2NO6S. The van der Waals surface area contributed by atoms with Crippen LogP contribution in [0.5, 0.6) is 0 Å². The molecule has 7 nitrogen and oxygen atoms in total. The number of carboxylic acids is 1. The second kappa shape index (κ2) is 8.25. The van der Waals surface area contributed by atoms with Gasteiger partial charge in [-0.1, -0.05) is 23.2 Å². The van der Waals surface area contributed by atoms with Gasteiger partial charge in [0, 0.05) is 0 Å². The fraction of sp³-hybridized carbons (Fsp3) is 0.467. The molecule has 25 heavy (non-hydrogen) atoms. The first-order valence-corrected chi connectivity index (χ1v) is 9.60. The van der Waals surface area contributed by atoms with E-state index < -0.39 is 45.7 Å². The lowest BCUT2D eigenvalue weighted by atomic mass is 10.2. The highest BCUT2D eigenvalue weighted by atomic mass is 35.5. The number of carboxylic acid groups (broad SMARTS) is 1. The van der Waals surface area contributed by atoms with Gasteiger partial charge >= 0.3 is 12.1 Å². The smallest absolute Gasteiger partial charge is 0.407 e. The van der Waals surface area contributed by atoms with Crippen LogP contribution < -0.4 is 5.32 Å². The molecule has 0 radical (unpaired) electrons. The van der Waals surface area contributed by atoms with Crippen LogP contribution in [0.4, 0.5) is 4.79 Å². The highest BCUT2D eigenvalue weighted by Crippen LogP contribution is 2.25. The lowest BCUT2D eigenvalue weighted by Gasteiger charge is -2.23. The summed E-state index contributed by atoms with van der Waals surface area (Å²) in [6.07, 6.45) is -1.48. The van der Waals surface area contributed by atoms with Crippen LogP contribution in [-0.4, -0.2) is 43.0 Å². The Morgan fingerprint density at radius 3 is 2.32 bits per heavy atom. The Hall–Kier alpha value is -1.51. The number of carbonyl (C=O) groups is 2. The number of carbonyl (C=O) groups excluding carboxylic acids is 1. The minimum absolute atomic E-state index is 0.0534. The Balaban J connectivity index is 2.98. The highest BCUT2D eigenvalue weighted by Gasteiger charge is 2.27. The highest BCUT2D eigenvalue weighted by molar-refractivity contribution is 7.91. The van der Waals surface area contributed by atoms with E-state index in [-0.39, 0.29) is 14.9 Å². The van der Waals surface area contributed by atoms with Crippen molar-refractivity contribution >= 4 is 45.1 Å². The molecule has 0 spiro atoms. The van der Waals surface area contributed by atoms with Crippen LogP contribution in [-0.2, 0) is 19.4 Å². The number of benzene rings is 1. The van der Waals surface area contributed by atoms with Crippen LogP contribution in [0, 0.1) is 0 Å². The van der Waals surface area contributed by atoms with Crippen molar-refractivity contribution in [1.29, 1.82) is 0 Å². The van der Waals surface area contributed by atoms with Gasteiger partial charge in [0.1, 0.15) is 5.60 Å². The van der Waals surface area contributed by atoms with Gasteiger partial charge in [0.15, 0.2) is 9.84 Å². The van der Waals surface area contributed by atoms with Crippen molar-refractivity contribution in [3.8, 4) is 0 Å². The molecule has 1 amide bonds. The molecule has 0 aliphatic carbocycles. The van der Waals surface area contributed by atoms with Gasteiger partial charge in [0.25, 0.3) is 0 Å². The number of sulfone groups is 1. The fourth-order valence-corrected chi connectivity index (χ4v) is 3.73. The Morgan fingerprint density at radius 1 is 1.24 bits per heavy atom. The van der Waals surface area contributed by atoms with Crippen molar-refractivity contribution in [3.05, 3.63) is 28.2 Å². The summed E-state index contributed by atoms with van der Waals surface area (Å²) in [5, 5.41) is 11.5. The summed E-state index contributed by atoms with van der Waals surface area (Å²) in [5.41, 5.74) is -0.805.